The van der Waals surface area contributed by atoms with Gasteiger partial charge < -0.3 is 14.4 Å². The molecular weight excluding hydrogens is 452 g/mol. The van der Waals surface area contributed by atoms with Crippen molar-refractivity contribution in [2.75, 3.05) is 6.61 Å². The molecule has 3 atom stereocenters. The largest absolute Gasteiger partial charge is 0.493 e. The highest BCUT2D eigenvalue weighted by Gasteiger charge is 2.44. The zero-order valence-electron chi connectivity index (χ0n) is 18.9. The van der Waals surface area contributed by atoms with Gasteiger partial charge in [-0.25, -0.2) is 4.39 Å². The summed E-state index contributed by atoms with van der Waals surface area (Å²) >= 11 is 0. The molecule has 3 unspecified atom stereocenters. The molecule has 5 nitrogen and oxygen atoms in total. The maximum Gasteiger partial charge on any atom is 0.416 e. The molecule has 34 heavy (non-hydrogen) atoms. The van der Waals surface area contributed by atoms with E-state index >= 15 is 0 Å². The lowest BCUT2D eigenvalue weighted by atomic mass is 9.74. The molecule has 0 amide bonds. The van der Waals surface area contributed by atoms with Crippen LogP contribution in [-0.2, 0) is 5.41 Å². The fraction of sp³-hybridized carbons (Fsp3) is 0.440. The summed E-state index contributed by atoms with van der Waals surface area (Å²) in [6, 6.07) is 6.01. The molecule has 0 aliphatic carbocycles. The fourth-order valence-electron chi connectivity index (χ4n) is 4.83. The number of fused-ring (bicyclic) bond motifs is 2. The number of hydrogen-bond acceptors (Lipinski definition) is 4. The second-order valence-corrected chi connectivity index (χ2v) is 9.17. The first-order chi connectivity index (χ1) is 16.0. The second kappa shape index (κ2) is 9.02. The number of aliphatic hydroxyl groups excluding tert-OH is 1. The minimum atomic E-state index is -4.85. The first-order valence-electron chi connectivity index (χ1n) is 11.2. The number of nitrogens with zero attached hydrogens (tertiary/aromatic N) is 2. The van der Waals surface area contributed by atoms with Crippen LogP contribution >= 0.6 is 0 Å². The van der Waals surface area contributed by atoms with E-state index in [9.17, 15) is 27.5 Å². The Balaban J connectivity index is 1.67. The zero-order valence-corrected chi connectivity index (χ0v) is 18.9. The first kappa shape index (κ1) is 24.2. The van der Waals surface area contributed by atoms with Gasteiger partial charge in [-0.3, -0.25) is 9.78 Å². The number of ether oxygens (including phenoxy) is 1. The Bertz CT molecular complexity index is 1260. The summed E-state index contributed by atoms with van der Waals surface area (Å²) in [6.45, 7) is 3.89. The van der Waals surface area contributed by atoms with E-state index < -0.39 is 29.6 Å². The number of aliphatic hydroxyl groups is 1. The Morgan fingerprint density at radius 2 is 2.06 bits per heavy atom. The molecule has 1 aliphatic rings. The van der Waals surface area contributed by atoms with E-state index in [4.69, 9.17) is 4.74 Å². The van der Waals surface area contributed by atoms with Gasteiger partial charge in [-0.05, 0) is 61.9 Å². The van der Waals surface area contributed by atoms with Crippen LogP contribution in [0, 0.1) is 12.7 Å². The van der Waals surface area contributed by atoms with Crippen molar-refractivity contribution in [3.63, 3.8) is 0 Å². The first-order valence-corrected chi connectivity index (χ1v) is 11.2. The van der Waals surface area contributed by atoms with Crippen LogP contribution in [0.5, 0.6) is 5.75 Å². The van der Waals surface area contributed by atoms with Gasteiger partial charge in [0.05, 0.1) is 18.2 Å². The molecule has 3 aromatic rings. The Kier molecular flexibility index (Phi) is 6.42. The predicted molar refractivity (Wildman–Crippen MR) is 120 cm³/mol. The van der Waals surface area contributed by atoms with Gasteiger partial charge in [-0.2, -0.15) is 13.2 Å². The number of pyridine rings is 2. The summed E-state index contributed by atoms with van der Waals surface area (Å²) in [6.07, 6.45) is -3.33. The maximum atomic E-state index is 13.9. The smallest absolute Gasteiger partial charge is 0.416 e. The molecule has 0 saturated carbocycles. The summed E-state index contributed by atoms with van der Waals surface area (Å²) < 4.78 is 61.9. The summed E-state index contributed by atoms with van der Waals surface area (Å²) in [4.78, 5) is 16.5. The third-order valence-electron chi connectivity index (χ3n) is 6.76. The molecule has 0 saturated heterocycles. The Morgan fingerprint density at radius 1 is 1.29 bits per heavy atom. The molecule has 0 spiro atoms. The predicted octanol–water partition coefficient (Wildman–Crippen LogP) is 5.22. The van der Waals surface area contributed by atoms with Crippen LogP contribution in [0.15, 0.2) is 47.5 Å². The van der Waals surface area contributed by atoms with E-state index in [1.807, 2.05) is 6.92 Å². The van der Waals surface area contributed by atoms with Crippen LogP contribution in [0.3, 0.4) is 0 Å². The normalized spacial score (nSPS) is 20.0. The molecule has 0 bridgehead atoms. The lowest BCUT2D eigenvalue weighted by Gasteiger charge is -2.37. The fourth-order valence-corrected chi connectivity index (χ4v) is 4.83. The summed E-state index contributed by atoms with van der Waals surface area (Å²) in [7, 11) is 0. The SMILES string of the molecule is Cc1cn(C(CCCC2(C)CCOc3ccc(F)cc32)C(O)C(F)(F)F)c2cccnc2c1=O. The van der Waals surface area contributed by atoms with Crippen molar-refractivity contribution in [2.45, 2.75) is 63.3 Å². The van der Waals surface area contributed by atoms with Crippen LogP contribution in [0.2, 0.25) is 0 Å². The summed E-state index contributed by atoms with van der Waals surface area (Å²) in [5.74, 6) is 0.179. The zero-order chi connectivity index (χ0) is 24.7. The van der Waals surface area contributed by atoms with Crippen molar-refractivity contribution in [1.82, 2.24) is 9.55 Å². The average molecular weight is 478 g/mol. The number of benzene rings is 1. The Hall–Kier alpha value is -2.94. The monoisotopic (exact) mass is 478 g/mol. The van der Waals surface area contributed by atoms with Gasteiger partial charge in [0.15, 0.2) is 6.10 Å². The molecular formula is C25H26F4N2O3. The van der Waals surface area contributed by atoms with Crippen LogP contribution in [0.1, 0.15) is 49.8 Å². The topological polar surface area (TPSA) is 64.3 Å². The van der Waals surface area contributed by atoms with E-state index in [2.05, 4.69) is 4.98 Å². The van der Waals surface area contributed by atoms with Gasteiger partial charge >= 0.3 is 6.18 Å². The number of halogens is 4. The maximum absolute atomic E-state index is 13.9. The standard InChI is InChI=1S/C25H26F4N2O3/c1-15-14-31(18-6-4-11-30-21(18)22(15)32)19(23(33)25(27,28)29)5-3-9-24(2)10-12-34-20-8-7-16(26)13-17(20)24/h4,6-8,11,13-14,19,23,33H,3,5,9-10,12H2,1-2H3. The molecule has 0 radical (unpaired) electrons. The van der Waals surface area contributed by atoms with E-state index in [-0.39, 0.29) is 28.4 Å². The molecule has 182 valence electrons. The molecule has 0 fully saturated rings. The number of aryl methyl sites for hydroxylation is 1. The lowest BCUT2D eigenvalue weighted by molar-refractivity contribution is -0.217. The van der Waals surface area contributed by atoms with Crippen molar-refractivity contribution in [1.29, 1.82) is 0 Å². The Labute approximate surface area is 194 Å². The van der Waals surface area contributed by atoms with Gasteiger partial charge in [0.25, 0.3) is 0 Å². The van der Waals surface area contributed by atoms with Gasteiger partial charge in [0.2, 0.25) is 5.43 Å². The van der Waals surface area contributed by atoms with E-state index in [0.717, 1.165) is 0 Å². The number of aromatic nitrogens is 2. The van der Waals surface area contributed by atoms with Crippen LogP contribution in [0.25, 0.3) is 11.0 Å². The van der Waals surface area contributed by atoms with Crippen LogP contribution < -0.4 is 10.2 Å². The van der Waals surface area contributed by atoms with Crippen molar-refractivity contribution in [2.24, 2.45) is 0 Å². The minimum absolute atomic E-state index is 0.00588. The second-order valence-electron chi connectivity index (χ2n) is 9.17. The molecule has 1 N–H and O–H groups in total. The van der Waals surface area contributed by atoms with Crippen molar-refractivity contribution in [3.05, 3.63) is 69.9 Å². The van der Waals surface area contributed by atoms with Crippen LogP contribution in [-0.4, -0.2) is 33.5 Å². The van der Waals surface area contributed by atoms with Gasteiger partial charge in [0, 0.05) is 23.5 Å². The molecule has 1 aromatic carbocycles. The Morgan fingerprint density at radius 3 is 2.79 bits per heavy atom. The third-order valence-corrected chi connectivity index (χ3v) is 6.76. The average Bonchev–Trinajstić information content (AvgIpc) is 2.79. The van der Waals surface area contributed by atoms with Crippen LogP contribution in [0.4, 0.5) is 17.6 Å². The molecule has 3 heterocycles. The van der Waals surface area contributed by atoms with Crippen molar-refractivity contribution in [3.8, 4) is 5.75 Å². The number of alkyl halides is 3. The van der Waals surface area contributed by atoms with Crippen molar-refractivity contribution < 1.29 is 27.4 Å². The van der Waals surface area contributed by atoms with E-state index in [1.165, 1.54) is 42.1 Å². The number of hydrogen-bond donors (Lipinski definition) is 1. The van der Waals surface area contributed by atoms with Gasteiger partial charge in [-0.15, -0.1) is 0 Å². The van der Waals surface area contributed by atoms with Crippen molar-refractivity contribution >= 4 is 11.0 Å². The lowest BCUT2D eigenvalue weighted by Crippen LogP contribution is -2.38. The quantitative estimate of drug-likeness (QED) is 0.494. The molecule has 1 aliphatic heterocycles. The summed E-state index contributed by atoms with van der Waals surface area (Å²) in [5.41, 5.74) is 0.387. The molecule has 9 heteroatoms. The third kappa shape index (κ3) is 4.53. The van der Waals surface area contributed by atoms with Gasteiger partial charge in [-0.1, -0.05) is 13.3 Å². The highest BCUT2D eigenvalue weighted by molar-refractivity contribution is 5.75. The highest BCUT2D eigenvalue weighted by Crippen LogP contribution is 2.43. The minimum Gasteiger partial charge on any atom is -0.493 e. The number of rotatable bonds is 6. The summed E-state index contributed by atoms with van der Waals surface area (Å²) in [5, 5.41) is 10.3. The highest BCUT2D eigenvalue weighted by atomic mass is 19.4. The van der Waals surface area contributed by atoms with E-state index in [1.54, 1.807) is 12.1 Å². The van der Waals surface area contributed by atoms with Gasteiger partial charge in [0.1, 0.15) is 17.1 Å². The van der Waals surface area contributed by atoms with E-state index in [0.29, 0.717) is 37.2 Å². The molecule has 4 rings (SSSR count). The molecule has 2 aromatic heterocycles.